The SMILES string of the molecule is Cc1cccc(Cc2c(C(=O)c3cccc(C(F)(F)F)c3)c(-c3ccccc3)nc3ccccc23)c1. The average Bonchev–Trinajstić information content (AvgIpc) is 2.88. The van der Waals surface area contributed by atoms with E-state index in [-0.39, 0.29) is 5.56 Å². The van der Waals surface area contributed by atoms with E-state index in [2.05, 4.69) is 6.07 Å². The molecule has 178 valence electrons. The van der Waals surface area contributed by atoms with Gasteiger partial charge in [0.25, 0.3) is 0 Å². The van der Waals surface area contributed by atoms with Gasteiger partial charge in [0.2, 0.25) is 0 Å². The van der Waals surface area contributed by atoms with Crippen LogP contribution in [-0.4, -0.2) is 10.8 Å². The maximum atomic E-state index is 14.0. The van der Waals surface area contributed by atoms with Crippen LogP contribution in [0.15, 0.2) is 103 Å². The fraction of sp³-hybridized carbons (Fsp3) is 0.0968. The Morgan fingerprint density at radius 1 is 0.806 bits per heavy atom. The largest absolute Gasteiger partial charge is 0.416 e. The van der Waals surface area contributed by atoms with Crippen LogP contribution < -0.4 is 0 Å². The van der Waals surface area contributed by atoms with E-state index in [1.165, 1.54) is 12.1 Å². The first-order valence-electron chi connectivity index (χ1n) is 11.6. The quantitative estimate of drug-likeness (QED) is 0.238. The molecule has 0 spiro atoms. The zero-order valence-electron chi connectivity index (χ0n) is 19.5. The number of halogens is 3. The van der Waals surface area contributed by atoms with Crippen LogP contribution in [0.1, 0.15) is 38.2 Å². The maximum Gasteiger partial charge on any atom is 0.416 e. The summed E-state index contributed by atoms with van der Waals surface area (Å²) in [5.41, 5.74) is 4.17. The summed E-state index contributed by atoms with van der Waals surface area (Å²) in [6, 6.07) is 29.4. The minimum atomic E-state index is -4.55. The number of ketones is 1. The molecule has 0 unspecified atom stereocenters. The predicted molar refractivity (Wildman–Crippen MR) is 136 cm³/mol. The molecule has 0 fully saturated rings. The van der Waals surface area contributed by atoms with Gasteiger partial charge in [0, 0.05) is 16.5 Å². The van der Waals surface area contributed by atoms with Crippen molar-refractivity contribution < 1.29 is 18.0 Å². The van der Waals surface area contributed by atoms with Crippen LogP contribution in [0.25, 0.3) is 22.2 Å². The molecule has 0 aliphatic heterocycles. The summed E-state index contributed by atoms with van der Waals surface area (Å²) in [5.74, 6) is -0.485. The van der Waals surface area contributed by atoms with E-state index in [1.807, 2.05) is 79.7 Å². The minimum Gasteiger partial charge on any atom is -0.289 e. The molecule has 0 radical (unpaired) electrons. The van der Waals surface area contributed by atoms with Crippen molar-refractivity contribution >= 4 is 16.7 Å². The number of alkyl halides is 3. The second kappa shape index (κ2) is 9.42. The topological polar surface area (TPSA) is 30.0 Å². The van der Waals surface area contributed by atoms with Crippen LogP contribution in [-0.2, 0) is 12.6 Å². The van der Waals surface area contributed by atoms with Gasteiger partial charge in [-0.15, -0.1) is 0 Å². The second-order valence-electron chi connectivity index (χ2n) is 8.77. The van der Waals surface area contributed by atoms with Gasteiger partial charge in [-0.2, -0.15) is 13.2 Å². The molecule has 36 heavy (non-hydrogen) atoms. The number of para-hydroxylation sites is 1. The Hall–Kier alpha value is -4.25. The molecule has 5 heteroatoms. The fourth-order valence-corrected chi connectivity index (χ4v) is 4.52. The summed E-state index contributed by atoms with van der Waals surface area (Å²) in [7, 11) is 0. The van der Waals surface area contributed by atoms with Crippen molar-refractivity contribution in [2.45, 2.75) is 19.5 Å². The molecule has 2 nitrogen and oxygen atoms in total. The molecule has 0 saturated heterocycles. The highest BCUT2D eigenvalue weighted by Gasteiger charge is 2.32. The van der Waals surface area contributed by atoms with Gasteiger partial charge < -0.3 is 0 Å². The summed E-state index contributed by atoms with van der Waals surface area (Å²) in [5, 5.41) is 0.800. The van der Waals surface area contributed by atoms with Gasteiger partial charge in [-0.25, -0.2) is 4.98 Å². The van der Waals surface area contributed by atoms with Gasteiger partial charge in [0.15, 0.2) is 5.78 Å². The summed E-state index contributed by atoms with van der Waals surface area (Å²) < 4.78 is 40.4. The number of aromatic nitrogens is 1. The first-order chi connectivity index (χ1) is 17.3. The zero-order chi connectivity index (χ0) is 25.3. The number of hydrogen-bond acceptors (Lipinski definition) is 2. The fourth-order valence-electron chi connectivity index (χ4n) is 4.52. The van der Waals surface area contributed by atoms with E-state index in [1.54, 1.807) is 0 Å². The van der Waals surface area contributed by atoms with Gasteiger partial charge >= 0.3 is 6.18 Å². The number of carbonyl (C=O) groups is 1. The smallest absolute Gasteiger partial charge is 0.289 e. The maximum absolute atomic E-state index is 14.0. The Balaban J connectivity index is 1.81. The van der Waals surface area contributed by atoms with Gasteiger partial charge in [0.1, 0.15) is 0 Å². The van der Waals surface area contributed by atoms with Crippen molar-refractivity contribution in [3.8, 4) is 11.3 Å². The summed E-state index contributed by atoms with van der Waals surface area (Å²) in [6.45, 7) is 2.00. The van der Waals surface area contributed by atoms with Gasteiger partial charge in [-0.1, -0.05) is 90.5 Å². The van der Waals surface area contributed by atoms with Gasteiger partial charge in [-0.3, -0.25) is 4.79 Å². The molecule has 0 amide bonds. The van der Waals surface area contributed by atoms with Gasteiger partial charge in [0.05, 0.1) is 22.3 Å². The van der Waals surface area contributed by atoms with Crippen molar-refractivity contribution in [2.24, 2.45) is 0 Å². The number of hydrogen-bond donors (Lipinski definition) is 0. The third-order valence-electron chi connectivity index (χ3n) is 6.19. The van der Waals surface area contributed by atoms with Crippen LogP contribution in [0.4, 0.5) is 13.2 Å². The third-order valence-corrected chi connectivity index (χ3v) is 6.19. The lowest BCUT2D eigenvalue weighted by atomic mass is 9.87. The summed E-state index contributed by atoms with van der Waals surface area (Å²) >= 11 is 0. The van der Waals surface area contributed by atoms with Crippen molar-refractivity contribution in [1.29, 1.82) is 0 Å². The van der Waals surface area contributed by atoms with Crippen molar-refractivity contribution in [2.75, 3.05) is 0 Å². The average molecular weight is 482 g/mol. The molecule has 0 N–H and O–H groups in total. The van der Waals surface area contributed by atoms with Crippen molar-refractivity contribution in [3.05, 3.63) is 137 Å². The molecule has 5 aromatic rings. The number of fused-ring (bicyclic) bond motifs is 1. The highest BCUT2D eigenvalue weighted by molar-refractivity contribution is 6.15. The van der Waals surface area contributed by atoms with E-state index in [9.17, 15) is 18.0 Å². The molecular weight excluding hydrogens is 459 g/mol. The third kappa shape index (κ3) is 4.65. The monoisotopic (exact) mass is 481 g/mol. The molecule has 1 heterocycles. The van der Waals surface area contributed by atoms with Crippen LogP contribution in [0.3, 0.4) is 0 Å². The highest BCUT2D eigenvalue weighted by Crippen LogP contribution is 2.35. The molecule has 1 aromatic heterocycles. The summed E-state index contributed by atoms with van der Waals surface area (Å²) in [6.07, 6.45) is -4.12. The molecular formula is C31H22F3NO. The van der Waals surface area contributed by atoms with Crippen molar-refractivity contribution in [3.63, 3.8) is 0 Å². The lowest BCUT2D eigenvalue weighted by Crippen LogP contribution is -2.13. The Bertz CT molecular complexity index is 1570. The molecule has 0 aliphatic carbocycles. The van der Waals surface area contributed by atoms with Crippen LogP contribution in [0.2, 0.25) is 0 Å². The number of benzene rings is 4. The van der Waals surface area contributed by atoms with Crippen molar-refractivity contribution in [1.82, 2.24) is 4.98 Å². The van der Waals surface area contributed by atoms with Crippen LogP contribution in [0, 0.1) is 6.92 Å². The number of rotatable bonds is 5. The molecule has 4 aromatic carbocycles. The first kappa shape index (κ1) is 23.5. The Morgan fingerprint density at radius 2 is 1.53 bits per heavy atom. The first-order valence-corrected chi connectivity index (χ1v) is 11.6. The molecule has 5 rings (SSSR count). The van der Waals surface area contributed by atoms with Crippen LogP contribution >= 0.6 is 0 Å². The molecule has 0 aliphatic rings. The Kier molecular flexibility index (Phi) is 6.15. The number of pyridine rings is 1. The van der Waals surface area contributed by atoms with E-state index in [0.29, 0.717) is 17.7 Å². The van der Waals surface area contributed by atoms with E-state index < -0.39 is 17.5 Å². The lowest BCUT2D eigenvalue weighted by molar-refractivity contribution is -0.137. The standard InChI is InChI=1S/C31H22F3NO/c1-20-9-7-10-21(17-20)18-26-25-15-5-6-16-27(25)35-29(22-11-3-2-4-12-22)28(26)30(36)23-13-8-14-24(19-23)31(32,33)34/h2-17,19H,18H2,1H3. The lowest BCUT2D eigenvalue weighted by Gasteiger charge is -2.18. The number of carbonyl (C=O) groups excluding carboxylic acids is 1. The predicted octanol–water partition coefficient (Wildman–Crippen LogP) is 8.05. The van der Waals surface area contributed by atoms with E-state index >= 15 is 0 Å². The molecule has 0 atom stereocenters. The minimum absolute atomic E-state index is 0.0235. The highest BCUT2D eigenvalue weighted by atomic mass is 19.4. The Labute approximate surface area is 207 Å². The summed E-state index contributed by atoms with van der Waals surface area (Å²) in [4.78, 5) is 18.9. The number of nitrogens with zero attached hydrogens (tertiary/aromatic N) is 1. The second-order valence-corrected chi connectivity index (χ2v) is 8.77. The normalized spacial score (nSPS) is 11.6. The van der Waals surface area contributed by atoms with Gasteiger partial charge in [-0.05, 0) is 42.7 Å². The van der Waals surface area contributed by atoms with Crippen LogP contribution in [0.5, 0.6) is 0 Å². The number of aryl methyl sites for hydroxylation is 1. The molecule has 0 bridgehead atoms. The van der Waals surface area contributed by atoms with E-state index in [0.717, 1.165) is 45.3 Å². The molecule has 0 saturated carbocycles. The van der Waals surface area contributed by atoms with E-state index in [4.69, 9.17) is 4.98 Å². The zero-order valence-corrected chi connectivity index (χ0v) is 19.5. The Morgan fingerprint density at radius 3 is 2.28 bits per heavy atom.